The molecule has 1 aromatic carbocycles. The second-order valence-electron chi connectivity index (χ2n) is 3.35. The third-order valence-corrected chi connectivity index (χ3v) is 3.12. The molecular formula is C10H14N2O4S. The maximum atomic E-state index is 11.5. The molecule has 2 N–H and O–H groups in total. The Hall–Kier alpha value is -1.60. The van der Waals surface area contributed by atoms with Crippen LogP contribution in [0.5, 0.6) is 0 Å². The van der Waals surface area contributed by atoms with Crippen LogP contribution in [0.3, 0.4) is 0 Å². The molecule has 6 nitrogen and oxygen atoms in total. The Bertz CT molecular complexity index is 525. The molecule has 7 heteroatoms. The van der Waals surface area contributed by atoms with E-state index in [0.717, 1.165) is 5.56 Å². The average Bonchev–Trinajstić information content (AvgIpc) is 2.30. The number of nitrogens with one attached hydrogen (secondary N) is 2. The lowest BCUT2D eigenvalue weighted by atomic mass is 10.1. The van der Waals surface area contributed by atoms with Crippen molar-refractivity contribution in [1.82, 2.24) is 4.72 Å². The van der Waals surface area contributed by atoms with Crippen LogP contribution < -0.4 is 9.44 Å². The SMILES string of the molecule is CNS(=O)(=O)Nc1ccc(C)cc1C(=O)OC. The number of benzene rings is 1. The number of methoxy groups -OCH3 is 1. The number of carbonyl (C=O) groups excluding carboxylic acids is 1. The molecule has 1 rings (SSSR count). The second kappa shape index (κ2) is 5.15. The van der Waals surface area contributed by atoms with Gasteiger partial charge in [0.05, 0.1) is 18.4 Å². The minimum Gasteiger partial charge on any atom is -0.465 e. The molecule has 0 bridgehead atoms. The van der Waals surface area contributed by atoms with Gasteiger partial charge in [-0.05, 0) is 19.1 Å². The molecule has 0 aromatic heterocycles. The average molecular weight is 258 g/mol. The first-order chi connectivity index (χ1) is 7.89. The molecule has 0 unspecified atom stereocenters. The molecule has 0 radical (unpaired) electrons. The Morgan fingerprint density at radius 2 is 2.00 bits per heavy atom. The third kappa shape index (κ3) is 3.43. The van der Waals surface area contributed by atoms with Crippen LogP contribution in [-0.4, -0.2) is 28.5 Å². The van der Waals surface area contributed by atoms with Gasteiger partial charge in [0.25, 0.3) is 10.2 Å². The Kier molecular flexibility index (Phi) is 4.08. The van der Waals surface area contributed by atoms with Crippen molar-refractivity contribution in [3.8, 4) is 0 Å². The summed E-state index contributed by atoms with van der Waals surface area (Å²) in [6, 6.07) is 4.76. The molecule has 0 spiro atoms. The molecule has 0 saturated heterocycles. The maximum absolute atomic E-state index is 11.5. The summed E-state index contributed by atoms with van der Waals surface area (Å²) in [5.41, 5.74) is 1.18. The number of esters is 1. The van der Waals surface area contributed by atoms with Gasteiger partial charge in [-0.15, -0.1) is 0 Å². The summed E-state index contributed by atoms with van der Waals surface area (Å²) in [6.07, 6.45) is 0. The summed E-state index contributed by atoms with van der Waals surface area (Å²) in [5.74, 6) is -0.595. The van der Waals surface area contributed by atoms with Crippen molar-refractivity contribution < 1.29 is 17.9 Å². The lowest BCUT2D eigenvalue weighted by molar-refractivity contribution is 0.0602. The van der Waals surface area contributed by atoms with E-state index < -0.39 is 16.2 Å². The summed E-state index contributed by atoms with van der Waals surface area (Å²) in [4.78, 5) is 11.5. The fourth-order valence-electron chi connectivity index (χ4n) is 1.22. The first kappa shape index (κ1) is 13.5. The predicted octanol–water partition coefficient (Wildman–Crippen LogP) is 0.658. The van der Waals surface area contributed by atoms with E-state index in [-0.39, 0.29) is 11.3 Å². The van der Waals surface area contributed by atoms with Crippen molar-refractivity contribution in [2.75, 3.05) is 18.9 Å². The number of hydrogen-bond acceptors (Lipinski definition) is 4. The zero-order valence-electron chi connectivity index (χ0n) is 9.77. The van der Waals surface area contributed by atoms with E-state index in [2.05, 4.69) is 14.2 Å². The molecular weight excluding hydrogens is 244 g/mol. The zero-order valence-corrected chi connectivity index (χ0v) is 10.6. The van der Waals surface area contributed by atoms with Crippen LogP contribution in [0.15, 0.2) is 18.2 Å². The lowest BCUT2D eigenvalue weighted by Crippen LogP contribution is -2.27. The lowest BCUT2D eigenvalue weighted by Gasteiger charge is -2.11. The molecule has 0 aliphatic rings. The largest absolute Gasteiger partial charge is 0.465 e. The first-order valence-electron chi connectivity index (χ1n) is 4.80. The first-order valence-corrected chi connectivity index (χ1v) is 6.28. The van der Waals surface area contributed by atoms with Crippen LogP contribution in [0.1, 0.15) is 15.9 Å². The van der Waals surface area contributed by atoms with E-state index in [4.69, 9.17) is 0 Å². The van der Waals surface area contributed by atoms with Gasteiger partial charge in [-0.2, -0.15) is 8.42 Å². The molecule has 17 heavy (non-hydrogen) atoms. The molecule has 94 valence electrons. The van der Waals surface area contributed by atoms with Gasteiger partial charge < -0.3 is 4.74 Å². The summed E-state index contributed by atoms with van der Waals surface area (Å²) in [7, 11) is -1.15. The van der Waals surface area contributed by atoms with Gasteiger partial charge in [0.15, 0.2) is 0 Å². The fourth-order valence-corrected chi connectivity index (χ4v) is 1.79. The number of carbonyl (C=O) groups is 1. The molecule has 0 aliphatic carbocycles. The van der Waals surface area contributed by atoms with Crippen molar-refractivity contribution in [2.24, 2.45) is 0 Å². The maximum Gasteiger partial charge on any atom is 0.340 e. The van der Waals surface area contributed by atoms with Gasteiger partial charge in [0, 0.05) is 7.05 Å². The molecule has 0 fully saturated rings. The Labute approximate surface area is 100 Å². The van der Waals surface area contributed by atoms with E-state index in [1.807, 2.05) is 0 Å². The summed E-state index contributed by atoms with van der Waals surface area (Å²) in [6.45, 7) is 1.79. The number of rotatable bonds is 4. The highest BCUT2D eigenvalue weighted by Gasteiger charge is 2.15. The van der Waals surface area contributed by atoms with Crippen LogP contribution in [-0.2, 0) is 14.9 Å². The smallest absolute Gasteiger partial charge is 0.340 e. The van der Waals surface area contributed by atoms with Crippen LogP contribution in [0.2, 0.25) is 0 Å². The van der Waals surface area contributed by atoms with Gasteiger partial charge >= 0.3 is 5.97 Å². The van der Waals surface area contributed by atoms with Crippen molar-refractivity contribution in [2.45, 2.75) is 6.92 Å². The van der Waals surface area contributed by atoms with E-state index in [0.29, 0.717) is 0 Å². The minimum absolute atomic E-state index is 0.173. The van der Waals surface area contributed by atoms with Gasteiger partial charge in [-0.3, -0.25) is 4.72 Å². The van der Waals surface area contributed by atoms with E-state index in [1.54, 1.807) is 19.1 Å². The van der Waals surface area contributed by atoms with Crippen molar-refractivity contribution in [3.63, 3.8) is 0 Å². The topological polar surface area (TPSA) is 84.5 Å². The molecule has 1 aromatic rings. The highest BCUT2D eigenvalue weighted by atomic mass is 32.2. The zero-order chi connectivity index (χ0) is 13.1. The predicted molar refractivity (Wildman–Crippen MR) is 64.1 cm³/mol. The van der Waals surface area contributed by atoms with Crippen LogP contribution >= 0.6 is 0 Å². The van der Waals surface area contributed by atoms with E-state index in [1.165, 1.54) is 20.2 Å². The number of anilines is 1. The van der Waals surface area contributed by atoms with Crippen LogP contribution in [0.4, 0.5) is 5.69 Å². The minimum atomic E-state index is -3.66. The molecule has 0 aliphatic heterocycles. The van der Waals surface area contributed by atoms with E-state index >= 15 is 0 Å². The molecule has 0 saturated carbocycles. The van der Waals surface area contributed by atoms with Crippen molar-refractivity contribution >= 4 is 21.9 Å². The van der Waals surface area contributed by atoms with Gasteiger partial charge in [0.1, 0.15) is 0 Å². The Morgan fingerprint density at radius 1 is 1.35 bits per heavy atom. The summed E-state index contributed by atoms with van der Waals surface area (Å²) in [5, 5.41) is 0. The normalized spacial score (nSPS) is 11.0. The number of ether oxygens (including phenoxy) is 1. The van der Waals surface area contributed by atoms with Gasteiger partial charge in [-0.1, -0.05) is 11.6 Å². The summed E-state index contributed by atoms with van der Waals surface area (Å²) >= 11 is 0. The second-order valence-corrected chi connectivity index (χ2v) is 4.97. The quantitative estimate of drug-likeness (QED) is 0.777. The Morgan fingerprint density at radius 3 is 2.53 bits per heavy atom. The van der Waals surface area contributed by atoms with Crippen molar-refractivity contribution in [3.05, 3.63) is 29.3 Å². The van der Waals surface area contributed by atoms with Crippen molar-refractivity contribution in [1.29, 1.82) is 0 Å². The van der Waals surface area contributed by atoms with Crippen LogP contribution in [0.25, 0.3) is 0 Å². The highest BCUT2D eigenvalue weighted by Crippen LogP contribution is 2.19. The fraction of sp³-hybridized carbons (Fsp3) is 0.300. The van der Waals surface area contributed by atoms with E-state index in [9.17, 15) is 13.2 Å². The molecule has 0 amide bonds. The summed E-state index contributed by atoms with van der Waals surface area (Å²) < 4.78 is 31.6. The monoisotopic (exact) mass is 258 g/mol. The van der Waals surface area contributed by atoms with Gasteiger partial charge in [0.2, 0.25) is 0 Å². The highest BCUT2D eigenvalue weighted by molar-refractivity contribution is 7.90. The van der Waals surface area contributed by atoms with Gasteiger partial charge in [-0.25, -0.2) is 9.52 Å². The number of aryl methyl sites for hydroxylation is 1. The standard InChI is InChI=1S/C10H14N2O4S/c1-7-4-5-9(12-17(14,15)11-2)8(6-7)10(13)16-3/h4-6,11-12H,1-3H3. The van der Waals surface area contributed by atoms with Crippen LogP contribution in [0, 0.1) is 6.92 Å². The molecule has 0 atom stereocenters. The number of hydrogen-bond donors (Lipinski definition) is 2. The Balaban J connectivity index is 3.20. The third-order valence-electron chi connectivity index (χ3n) is 2.09. The molecule has 0 heterocycles.